The lowest BCUT2D eigenvalue weighted by atomic mass is 9.88. The summed E-state index contributed by atoms with van der Waals surface area (Å²) in [5.41, 5.74) is 5.72. The van der Waals surface area contributed by atoms with Crippen molar-refractivity contribution in [3.63, 3.8) is 0 Å². The maximum atomic E-state index is 11.9. The molecule has 1 amide bonds. The van der Waals surface area contributed by atoms with Crippen LogP contribution in [0.3, 0.4) is 0 Å². The van der Waals surface area contributed by atoms with Crippen molar-refractivity contribution in [2.24, 2.45) is 17.6 Å². The number of nitrogens with two attached hydrogens (primary N) is 1. The molecular formula is C11H22N2O2. The zero-order valence-electron chi connectivity index (χ0n) is 9.90. The van der Waals surface area contributed by atoms with Crippen molar-refractivity contribution in [3.8, 4) is 0 Å². The minimum Gasteiger partial charge on any atom is -0.383 e. The minimum atomic E-state index is -0.504. The molecule has 0 bridgehead atoms. The first kappa shape index (κ1) is 12.5. The third-order valence-electron chi connectivity index (χ3n) is 3.31. The van der Waals surface area contributed by atoms with E-state index in [2.05, 4.69) is 13.8 Å². The highest BCUT2D eigenvalue weighted by molar-refractivity contribution is 5.81. The normalized spacial score (nSPS) is 28.9. The summed E-state index contributed by atoms with van der Waals surface area (Å²) >= 11 is 0. The van der Waals surface area contributed by atoms with Crippen molar-refractivity contribution in [1.29, 1.82) is 0 Å². The number of nitrogens with zero attached hydrogens (tertiary/aromatic N) is 1. The van der Waals surface area contributed by atoms with Gasteiger partial charge in [-0.1, -0.05) is 13.8 Å². The molecule has 0 aliphatic carbocycles. The molecule has 1 heterocycles. The number of hydrogen-bond acceptors (Lipinski definition) is 3. The zero-order chi connectivity index (χ0) is 11.4. The lowest BCUT2D eigenvalue weighted by Crippen LogP contribution is -2.50. The summed E-state index contributed by atoms with van der Waals surface area (Å²) in [7, 11) is 1.56. The molecule has 1 fully saturated rings. The smallest absolute Gasteiger partial charge is 0.241 e. The summed E-state index contributed by atoms with van der Waals surface area (Å²) in [6, 6.07) is -0.504. The van der Waals surface area contributed by atoms with Crippen LogP contribution >= 0.6 is 0 Å². The van der Waals surface area contributed by atoms with Crippen LogP contribution in [-0.2, 0) is 9.53 Å². The summed E-state index contributed by atoms with van der Waals surface area (Å²) in [5.74, 6) is 1.29. The van der Waals surface area contributed by atoms with Crippen LogP contribution in [0.25, 0.3) is 0 Å². The van der Waals surface area contributed by atoms with E-state index >= 15 is 0 Å². The predicted molar refractivity (Wildman–Crippen MR) is 59.4 cm³/mol. The fourth-order valence-electron chi connectivity index (χ4n) is 1.95. The molecule has 2 N–H and O–H groups in total. The average Bonchev–Trinajstić information content (AvgIpc) is 2.21. The summed E-state index contributed by atoms with van der Waals surface area (Å²) in [4.78, 5) is 13.7. The van der Waals surface area contributed by atoms with Crippen molar-refractivity contribution >= 4 is 5.91 Å². The van der Waals surface area contributed by atoms with Crippen LogP contribution in [0.15, 0.2) is 0 Å². The maximum absolute atomic E-state index is 11.9. The first-order valence-electron chi connectivity index (χ1n) is 5.59. The minimum absolute atomic E-state index is 0.0237. The van der Waals surface area contributed by atoms with Gasteiger partial charge in [0, 0.05) is 20.2 Å². The van der Waals surface area contributed by atoms with Gasteiger partial charge in [-0.2, -0.15) is 0 Å². The van der Waals surface area contributed by atoms with Crippen LogP contribution in [0.5, 0.6) is 0 Å². The Labute approximate surface area is 91.8 Å². The number of likely N-dealkylation sites (tertiary alicyclic amines) is 1. The zero-order valence-corrected chi connectivity index (χ0v) is 9.90. The monoisotopic (exact) mass is 214 g/mol. The number of rotatable bonds is 3. The van der Waals surface area contributed by atoms with Gasteiger partial charge in [0.2, 0.25) is 5.91 Å². The number of hydrogen-bond donors (Lipinski definition) is 1. The van der Waals surface area contributed by atoms with Gasteiger partial charge < -0.3 is 15.4 Å². The largest absolute Gasteiger partial charge is 0.383 e. The summed E-state index contributed by atoms with van der Waals surface area (Å²) in [6.45, 7) is 6.39. The Morgan fingerprint density at radius 3 is 2.73 bits per heavy atom. The van der Waals surface area contributed by atoms with Crippen molar-refractivity contribution < 1.29 is 9.53 Å². The van der Waals surface area contributed by atoms with Gasteiger partial charge in [-0.05, 0) is 18.3 Å². The molecule has 0 aromatic rings. The standard InChI is InChI=1S/C11H22N2O2/c1-8-4-5-13(6-9(8)2)11(14)10(12)7-15-3/h8-10H,4-7,12H2,1-3H3. The van der Waals surface area contributed by atoms with E-state index in [1.54, 1.807) is 7.11 Å². The molecule has 1 aliphatic rings. The van der Waals surface area contributed by atoms with E-state index in [0.29, 0.717) is 18.4 Å². The predicted octanol–water partition coefficient (Wildman–Crippen LogP) is 0.465. The van der Waals surface area contributed by atoms with Gasteiger partial charge in [0.25, 0.3) is 0 Å². The highest BCUT2D eigenvalue weighted by Gasteiger charge is 2.28. The average molecular weight is 214 g/mol. The molecule has 0 spiro atoms. The van der Waals surface area contributed by atoms with Crippen LogP contribution in [-0.4, -0.2) is 43.7 Å². The lowest BCUT2D eigenvalue weighted by molar-refractivity contribution is -0.136. The lowest BCUT2D eigenvalue weighted by Gasteiger charge is -2.36. The van der Waals surface area contributed by atoms with E-state index in [1.165, 1.54) is 0 Å². The molecule has 88 valence electrons. The van der Waals surface area contributed by atoms with Gasteiger partial charge >= 0.3 is 0 Å². The van der Waals surface area contributed by atoms with Gasteiger partial charge in [0.1, 0.15) is 6.04 Å². The Kier molecular flexibility index (Phi) is 4.54. The number of piperidine rings is 1. The van der Waals surface area contributed by atoms with Gasteiger partial charge in [-0.15, -0.1) is 0 Å². The van der Waals surface area contributed by atoms with E-state index in [9.17, 15) is 4.79 Å². The second-order valence-corrected chi connectivity index (χ2v) is 4.59. The van der Waals surface area contributed by atoms with Crippen LogP contribution in [0.1, 0.15) is 20.3 Å². The van der Waals surface area contributed by atoms with Crippen LogP contribution in [0.2, 0.25) is 0 Å². The van der Waals surface area contributed by atoms with E-state index in [1.807, 2.05) is 4.90 Å². The first-order valence-corrected chi connectivity index (χ1v) is 5.59. The SMILES string of the molecule is COCC(N)C(=O)N1CCC(C)C(C)C1. The van der Waals surface area contributed by atoms with E-state index in [-0.39, 0.29) is 5.91 Å². The highest BCUT2D eigenvalue weighted by Crippen LogP contribution is 2.22. The van der Waals surface area contributed by atoms with Gasteiger partial charge in [0.05, 0.1) is 6.61 Å². The summed E-state index contributed by atoms with van der Waals surface area (Å²) in [5, 5.41) is 0. The number of amides is 1. The molecule has 0 radical (unpaired) electrons. The Hall–Kier alpha value is -0.610. The number of ether oxygens (including phenoxy) is 1. The van der Waals surface area contributed by atoms with Crippen LogP contribution in [0, 0.1) is 11.8 Å². The van der Waals surface area contributed by atoms with E-state index < -0.39 is 6.04 Å². The first-order chi connectivity index (χ1) is 7.06. The Morgan fingerprint density at radius 1 is 1.53 bits per heavy atom. The molecule has 3 unspecified atom stereocenters. The van der Waals surface area contributed by atoms with Crippen molar-refractivity contribution in [3.05, 3.63) is 0 Å². The maximum Gasteiger partial charge on any atom is 0.241 e. The fourth-order valence-corrected chi connectivity index (χ4v) is 1.95. The summed E-state index contributed by atoms with van der Waals surface area (Å²) < 4.78 is 4.89. The Bertz CT molecular complexity index is 221. The fraction of sp³-hybridized carbons (Fsp3) is 0.909. The molecule has 0 aromatic carbocycles. The van der Waals surface area contributed by atoms with Gasteiger partial charge in [-0.3, -0.25) is 4.79 Å². The molecule has 3 atom stereocenters. The van der Waals surface area contributed by atoms with E-state index in [4.69, 9.17) is 10.5 Å². The molecular weight excluding hydrogens is 192 g/mol. The molecule has 4 nitrogen and oxygen atoms in total. The highest BCUT2D eigenvalue weighted by atomic mass is 16.5. The topological polar surface area (TPSA) is 55.6 Å². The van der Waals surface area contributed by atoms with Gasteiger partial charge in [0.15, 0.2) is 0 Å². The molecule has 1 saturated heterocycles. The molecule has 1 aliphatic heterocycles. The number of carbonyl (C=O) groups excluding carboxylic acids is 1. The van der Waals surface area contributed by atoms with Crippen molar-refractivity contribution in [2.75, 3.05) is 26.8 Å². The molecule has 0 saturated carbocycles. The quantitative estimate of drug-likeness (QED) is 0.743. The molecule has 0 aromatic heterocycles. The Morgan fingerprint density at radius 2 is 2.20 bits per heavy atom. The van der Waals surface area contributed by atoms with Crippen molar-refractivity contribution in [2.45, 2.75) is 26.3 Å². The van der Waals surface area contributed by atoms with Crippen LogP contribution < -0.4 is 5.73 Å². The van der Waals surface area contributed by atoms with E-state index in [0.717, 1.165) is 19.5 Å². The van der Waals surface area contributed by atoms with Gasteiger partial charge in [-0.25, -0.2) is 0 Å². The van der Waals surface area contributed by atoms with Crippen LogP contribution in [0.4, 0.5) is 0 Å². The number of methoxy groups -OCH3 is 1. The second kappa shape index (κ2) is 5.47. The number of carbonyl (C=O) groups is 1. The third-order valence-corrected chi connectivity index (χ3v) is 3.31. The van der Waals surface area contributed by atoms with Crippen molar-refractivity contribution in [1.82, 2.24) is 4.90 Å². The molecule has 1 rings (SSSR count). The molecule has 4 heteroatoms. The summed E-state index contributed by atoms with van der Waals surface area (Å²) in [6.07, 6.45) is 1.08. The molecule has 15 heavy (non-hydrogen) atoms. The third kappa shape index (κ3) is 3.18. The second-order valence-electron chi connectivity index (χ2n) is 4.59. The Balaban J connectivity index is 2.47.